The van der Waals surface area contributed by atoms with Crippen molar-refractivity contribution in [2.45, 2.75) is 0 Å². The van der Waals surface area contributed by atoms with Crippen molar-refractivity contribution < 1.29 is 18.7 Å². The van der Waals surface area contributed by atoms with E-state index >= 15 is 0 Å². The molecular formula is C9H7FN2O3. The Labute approximate surface area is 84.2 Å². The zero-order chi connectivity index (χ0) is 10.8. The van der Waals surface area contributed by atoms with Crippen LogP contribution in [0.15, 0.2) is 12.1 Å². The monoisotopic (exact) mass is 210 g/mol. The van der Waals surface area contributed by atoms with Gasteiger partial charge in [-0.3, -0.25) is 9.59 Å². The standard InChI is InChI=1S/C9H7FN2O3/c10-5-1-8-7(2-6(5)11-4-13)12-9(14)3-15-8/h1-2,4H,3H2,(H,11,13)(H,12,14). The SMILES string of the molecule is O=CNc1cc2c(cc1F)OCC(=O)N2. The van der Waals surface area contributed by atoms with Crippen LogP contribution in [0.1, 0.15) is 0 Å². The van der Waals surface area contributed by atoms with E-state index in [0.717, 1.165) is 6.07 Å². The van der Waals surface area contributed by atoms with Gasteiger partial charge in [0, 0.05) is 6.07 Å². The summed E-state index contributed by atoms with van der Waals surface area (Å²) in [4.78, 5) is 21.1. The van der Waals surface area contributed by atoms with E-state index in [2.05, 4.69) is 10.6 Å². The molecule has 0 aliphatic carbocycles. The summed E-state index contributed by atoms with van der Waals surface area (Å²) >= 11 is 0. The Morgan fingerprint density at radius 2 is 2.33 bits per heavy atom. The Morgan fingerprint density at radius 1 is 1.53 bits per heavy atom. The number of rotatable bonds is 2. The molecule has 0 unspecified atom stereocenters. The van der Waals surface area contributed by atoms with Gasteiger partial charge in [-0.1, -0.05) is 0 Å². The van der Waals surface area contributed by atoms with Crippen molar-refractivity contribution in [3.05, 3.63) is 17.9 Å². The molecule has 1 aliphatic heterocycles. The largest absolute Gasteiger partial charge is 0.481 e. The lowest BCUT2D eigenvalue weighted by Crippen LogP contribution is -2.25. The maximum Gasteiger partial charge on any atom is 0.262 e. The average Bonchev–Trinajstić information content (AvgIpc) is 2.20. The van der Waals surface area contributed by atoms with E-state index < -0.39 is 5.82 Å². The van der Waals surface area contributed by atoms with Crippen LogP contribution < -0.4 is 15.4 Å². The normalized spacial score (nSPS) is 13.5. The molecule has 0 spiro atoms. The highest BCUT2D eigenvalue weighted by atomic mass is 19.1. The summed E-state index contributed by atoms with van der Waals surface area (Å²) in [6.45, 7) is -0.132. The predicted molar refractivity (Wildman–Crippen MR) is 50.2 cm³/mol. The van der Waals surface area contributed by atoms with Crippen molar-refractivity contribution >= 4 is 23.7 Å². The van der Waals surface area contributed by atoms with Crippen LogP contribution in [0.25, 0.3) is 0 Å². The molecule has 0 radical (unpaired) electrons. The van der Waals surface area contributed by atoms with E-state index in [1.807, 2.05) is 0 Å². The Hall–Kier alpha value is -2.11. The zero-order valence-corrected chi connectivity index (χ0v) is 7.54. The van der Waals surface area contributed by atoms with E-state index in [9.17, 15) is 14.0 Å². The maximum atomic E-state index is 13.2. The summed E-state index contributed by atoms with van der Waals surface area (Å²) < 4.78 is 18.2. The van der Waals surface area contributed by atoms with Crippen LogP contribution >= 0.6 is 0 Å². The van der Waals surface area contributed by atoms with Crippen molar-refractivity contribution in [1.82, 2.24) is 0 Å². The van der Waals surface area contributed by atoms with Crippen molar-refractivity contribution in [3.8, 4) is 5.75 Å². The first-order chi connectivity index (χ1) is 7.20. The minimum absolute atomic E-state index is 0.00505. The molecule has 15 heavy (non-hydrogen) atoms. The molecule has 6 heteroatoms. The molecular weight excluding hydrogens is 203 g/mol. The Kier molecular flexibility index (Phi) is 2.24. The number of fused-ring (bicyclic) bond motifs is 1. The molecule has 2 amide bonds. The van der Waals surface area contributed by atoms with Gasteiger partial charge in [0.2, 0.25) is 6.41 Å². The van der Waals surface area contributed by atoms with Crippen molar-refractivity contribution in [2.24, 2.45) is 0 Å². The van der Waals surface area contributed by atoms with Crippen LogP contribution in [0.2, 0.25) is 0 Å². The molecule has 0 atom stereocenters. The molecule has 0 saturated heterocycles. The van der Waals surface area contributed by atoms with Crippen LogP contribution in [-0.2, 0) is 9.59 Å². The third-order valence-corrected chi connectivity index (χ3v) is 1.92. The van der Waals surface area contributed by atoms with Gasteiger partial charge < -0.3 is 15.4 Å². The van der Waals surface area contributed by atoms with Crippen LogP contribution in [-0.4, -0.2) is 18.9 Å². The second kappa shape index (κ2) is 3.56. The minimum atomic E-state index is -0.614. The lowest BCUT2D eigenvalue weighted by atomic mass is 10.2. The fourth-order valence-corrected chi connectivity index (χ4v) is 1.28. The smallest absolute Gasteiger partial charge is 0.262 e. The van der Waals surface area contributed by atoms with Gasteiger partial charge in [-0.25, -0.2) is 4.39 Å². The predicted octanol–water partition coefficient (Wildman–Crippen LogP) is 0.725. The van der Waals surface area contributed by atoms with E-state index in [0.29, 0.717) is 12.1 Å². The van der Waals surface area contributed by atoms with Gasteiger partial charge in [-0.15, -0.1) is 0 Å². The molecule has 0 aromatic heterocycles. The van der Waals surface area contributed by atoms with Gasteiger partial charge in [0.15, 0.2) is 12.4 Å². The van der Waals surface area contributed by atoms with Crippen molar-refractivity contribution in [3.63, 3.8) is 0 Å². The highest BCUT2D eigenvalue weighted by molar-refractivity contribution is 5.96. The van der Waals surface area contributed by atoms with Gasteiger partial charge in [0.25, 0.3) is 5.91 Å². The number of anilines is 2. The summed E-state index contributed by atoms with van der Waals surface area (Å²) in [6.07, 6.45) is 0.357. The first-order valence-electron chi connectivity index (χ1n) is 4.17. The van der Waals surface area contributed by atoms with Gasteiger partial charge in [-0.2, -0.15) is 0 Å². The number of halogens is 1. The van der Waals surface area contributed by atoms with Crippen LogP contribution in [0.5, 0.6) is 5.75 Å². The van der Waals surface area contributed by atoms with Gasteiger partial charge >= 0.3 is 0 Å². The Bertz CT molecular complexity index is 434. The lowest BCUT2D eigenvalue weighted by Gasteiger charge is -2.18. The molecule has 78 valence electrons. The molecule has 5 nitrogen and oxygen atoms in total. The molecule has 0 saturated carbocycles. The summed E-state index contributed by atoms with van der Waals surface area (Å²) in [5.41, 5.74) is 0.339. The molecule has 2 N–H and O–H groups in total. The molecule has 1 aromatic rings. The summed E-state index contributed by atoms with van der Waals surface area (Å²) in [5.74, 6) is -0.674. The van der Waals surface area contributed by atoms with E-state index in [1.54, 1.807) is 0 Å². The number of ether oxygens (including phenoxy) is 1. The van der Waals surface area contributed by atoms with Crippen LogP contribution in [0, 0.1) is 5.82 Å². The Morgan fingerprint density at radius 3 is 3.07 bits per heavy atom. The lowest BCUT2D eigenvalue weighted by molar-refractivity contribution is -0.118. The van der Waals surface area contributed by atoms with Crippen LogP contribution in [0.3, 0.4) is 0 Å². The number of carbonyl (C=O) groups excluding carboxylic acids is 2. The molecule has 2 rings (SSSR count). The van der Waals surface area contributed by atoms with Gasteiger partial charge in [0.05, 0.1) is 11.4 Å². The maximum absolute atomic E-state index is 13.2. The fourth-order valence-electron chi connectivity index (χ4n) is 1.28. The van der Waals surface area contributed by atoms with Gasteiger partial charge in [-0.05, 0) is 6.07 Å². The van der Waals surface area contributed by atoms with Gasteiger partial charge in [0.1, 0.15) is 5.75 Å². The fraction of sp³-hybridized carbons (Fsp3) is 0.111. The van der Waals surface area contributed by atoms with E-state index in [-0.39, 0.29) is 24.0 Å². The molecule has 1 aromatic carbocycles. The zero-order valence-electron chi connectivity index (χ0n) is 7.54. The second-order valence-electron chi connectivity index (χ2n) is 2.93. The third-order valence-electron chi connectivity index (χ3n) is 1.92. The van der Waals surface area contributed by atoms with Crippen molar-refractivity contribution in [2.75, 3.05) is 17.2 Å². The quantitative estimate of drug-likeness (QED) is 0.707. The number of carbonyl (C=O) groups is 2. The average molecular weight is 210 g/mol. The summed E-state index contributed by atoms with van der Waals surface area (Å²) in [5, 5.41) is 4.68. The number of hydrogen-bond donors (Lipinski definition) is 2. The van der Waals surface area contributed by atoms with E-state index in [4.69, 9.17) is 4.74 Å². The number of hydrogen-bond acceptors (Lipinski definition) is 3. The topological polar surface area (TPSA) is 67.4 Å². The van der Waals surface area contributed by atoms with Crippen molar-refractivity contribution in [1.29, 1.82) is 0 Å². The first-order valence-corrected chi connectivity index (χ1v) is 4.17. The minimum Gasteiger partial charge on any atom is -0.481 e. The van der Waals surface area contributed by atoms with E-state index in [1.165, 1.54) is 6.07 Å². The molecule has 1 aliphatic rings. The number of amides is 2. The van der Waals surface area contributed by atoms with Crippen LogP contribution in [0.4, 0.5) is 15.8 Å². The highest BCUT2D eigenvalue weighted by Crippen LogP contribution is 2.32. The third kappa shape index (κ3) is 1.74. The number of benzene rings is 1. The summed E-state index contributed by atoms with van der Waals surface area (Å²) in [7, 11) is 0. The molecule has 1 heterocycles. The molecule has 0 fully saturated rings. The second-order valence-corrected chi connectivity index (χ2v) is 2.93. The first kappa shape index (κ1) is 9.45. The molecule has 0 bridgehead atoms. The number of nitrogens with one attached hydrogen (secondary N) is 2. The Balaban J connectivity index is 2.42. The summed E-state index contributed by atoms with van der Waals surface area (Å²) in [6, 6.07) is 2.41. The highest BCUT2D eigenvalue weighted by Gasteiger charge is 2.18.